The van der Waals surface area contributed by atoms with Crippen LogP contribution >= 0.6 is 0 Å². The zero-order valence-corrected chi connectivity index (χ0v) is 32.3. The average Bonchev–Trinajstić information content (AvgIpc) is 3.90. The smallest absolute Gasteiger partial charge is 0.337 e. The number of aryl methyl sites for hydroxylation is 3. The fourth-order valence-electron chi connectivity index (χ4n) is 6.21. The molecule has 0 saturated heterocycles. The number of aromatic carboxylic acids is 1. The van der Waals surface area contributed by atoms with Gasteiger partial charge in [-0.2, -0.15) is 0 Å². The molecule has 7 aromatic rings. The second kappa shape index (κ2) is 19.1. The number of oxazole rings is 2. The second-order valence-electron chi connectivity index (χ2n) is 13.4. The highest BCUT2D eigenvalue weighted by Gasteiger charge is 2.15. The van der Waals surface area contributed by atoms with E-state index in [1.165, 1.54) is 5.56 Å². The van der Waals surface area contributed by atoms with Crippen molar-refractivity contribution in [3.63, 3.8) is 0 Å². The summed E-state index contributed by atoms with van der Waals surface area (Å²) in [5, 5.41) is 9.38. The van der Waals surface area contributed by atoms with Crippen molar-refractivity contribution in [2.45, 2.75) is 46.5 Å². The maximum absolute atomic E-state index is 11.4. The van der Waals surface area contributed by atoms with E-state index in [1.54, 1.807) is 10.8 Å². The number of benzene rings is 4. The van der Waals surface area contributed by atoms with Gasteiger partial charge in [0.2, 0.25) is 11.8 Å². The first-order valence-corrected chi connectivity index (χ1v) is 18.7. The number of aromatic nitrogens is 3. The van der Waals surface area contributed by atoms with Crippen molar-refractivity contribution in [2.75, 3.05) is 13.2 Å². The molecule has 9 heteroatoms. The minimum Gasteiger partial charge on any atom is -0.493 e. The van der Waals surface area contributed by atoms with E-state index in [9.17, 15) is 9.90 Å². The Hall–Kier alpha value is -6.61. The summed E-state index contributed by atoms with van der Waals surface area (Å²) in [5.74, 6) is 3.65. The van der Waals surface area contributed by atoms with Crippen molar-refractivity contribution in [1.29, 1.82) is 0 Å². The van der Waals surface area contributed by atoms with Gasteiger partial charge in [0.1, 0.15) is 23.0 Å². The van der Waals surface area contributed by atoms with E-state index in [4.69, 9.17) is 18.3 Å². The first-order chi connectivity index (χ1) is 27.2. The summed E-state index contributed by atoms with van der Waals surface area (Å²) in [6.45, 7) is 6.94. The summed E-state index contributed by atoms with van der Waals surface area (Å²) in [4.78, 5) is 20.7. The molecule has 1 N–H and O–H groups in total. The zero-order valence-electron chi connectivity index (χ0n) is 32.3. The number of carbonyl (C=O) groups is 1. The number of hydrogen-bond donors (Lipinski definition) is 1. The van der Waals surface area contributed by atoms with Crippen LogP contribution in [0.1, 0.15) is 56.9 Å². The summed E-state index contributed by atoms with van der Waals surface area (Å²) in [6.07, 6.45) is 10.5. The summed E-state index contributed by atoms with van der Waals surface area (Å²) in [7, 11) is 1.82. The van der Waals surface area contributed by atoms with Crippen LogP contribution in [0.4, 0.5) is 0 Å². The lowest BCUT2D eigenvalue weighted by molar-refractivity contribution is 0.0696. The number of allylic oxidation sites excluding steroid dienone is 2. The number of nitrogens with zero attached hydrogens (tertiary/aromatic N) is 3. The Balaban J connectivity index is 0.000000194. The van der Waals surface area contributed by atoms with Gasteiger partial charge in [0.15, 0.2) is 0 Å². The van der Waals surface area contributed by atoms with Gasteiger partial charge in [-0.3, -0.25) is 0 Å². The molecule has 0 aliphatic carbocycles. The van der Waals surface area contributed by atoms with Crippen LogP contribution in [0.25, 0.3) is 22.9 Å². The van der Waals surface area contributed by atoms with Gasteiger partial charge in [0, 0.05) is 43.4 Å². The van der Waals surface area contributed by atoms with E-state index >= 15 is 0 Å². The fraction of sp³-hybridized carbons (Fsp3) is 0.213. The SMILES string of the molecule is C/C=C/Cc1cccc(OCCc2nc(-c3ccccc3)oc2C)c1.Cc1oc(-c2ccccc2)nc1CCOc1cccc(Cc2cn(C)cc2C(=O)O)c1. The molecule has 0 amide bonds. The molecule has 0 spiro atoms. The highest BCUT2D eigenvalue weighted by molar-refractivity contribution is 5.89. The van der Waals surface area contributed by atoms with Crippen LogP contribution in [0.3, 0.4) is 0 Å². The largest absolute Gasteiger partial charge is 0.493 e. The van der Waals surface area contributed by atoms with E-state index in [1.807, 2.05) is 131 Å². The Bertz CT molecular complexity index is 2350. The molecule has 0 saturated carbocycles. The Morgan fingerprint density at radius 3 is 1.75 bits per heavy atom. The minimum absolute atomic E-state index is 0.324. The monoisotopic (exact) mass is 749 g/mol. The van der Waals surface area contributed by atoms with Crippen LogP contribution in [0, 0.1) is 13.8 Å². The van der Waals surface area contributed by atoms with Crippen molar-refractivity contribution in [2.24, 2.45) is 7.05 Å². The van der Waals surface area contributed by atoms with E-state index in [2.05, 4.69) is 34.3 Å². The van der Waals surface area contributed by atoms with Crippen LogP contribution < -0.4 is 9.47 Å². The molecule has 0 fully saturated rings. The molecular weight excluding hydrogens is 703 g/mol. The standard InChI is InChI=1S/C25H24N2O4.C22H23NO2/c1-17-23(26-24(31-17)19-8-4-3-5-9-19)11-12-30-21-10-6-7-18(14-21)13-20-15-27(2)16-22(20)25(28)29;1-3-4-9-18-10-8-13-20(16-18)24-15-14-21-17(2)25-22(23-21)19-11-6-5-7-12-19/h3-10,14-16H,11-13H2,1-2H3,(H,28,29);3-8,10-13,16H,9,14-15H2,1-2H3/b;4-3+. The van der Waals surface area contributed by atoms with Crippen LogP contribution in [-0.4, -0.2) is 38.8 Å². The first-order valence-electron chi connectivity index (χ1n) is 18.7. The van der Waals surface area contributed by atoms with E-state index in [-0.39, 0.29) is 0 Å². The Morgan fingerprint density at radius 2 is 1.23 bits per heavy atom. The van der Waals surface area contributed by atoms with Crippen molar-refractivity contribution in [3.05, 3.63) is 179 Å². The Kier molecular flexibility index (Phi) is 13.3. The van der Waals surface area contributed by atoms with Gasteiger partial charge in [0.05, 0.1) is 30.2 Å². The molecule has 0 aliphatic rings. The summed E-state index contributed by atoms with van der Waals surface area (Å²) >= 11 is 0. The maximum Gasteiger partial charge on any atom is 0.337 e. The lowest BCUT2D eigenvalue weighted by atomic mass is 10.0. The van der Waals surface area contributed by atoms with Crippen molar-refractivity contribution >= 4 is 5.97 Å². The van der Waals surface area contributed by atoms with Crippen molar-refractivity contribution < 1.29 is 28.2 Å². The molecule has 0 radical (unpaired) electrons. The molecule has 0 aliphatic heterocycles. The fourth-order valence-corrected chi connectivity index (χ4v) is 6.21. The molecule has 0 atom stereocenters. The van der Waals surface area contributed by atoms with Gasteiger partial charge < -0.3 is 28.0 Å². The first kappa shape index (κ1) is 39.1. The Morgan fingerprint density at radius 1 is 0.714 bits per heavy atom. The zero-order chi connectivity index (χ0) is 39.3. The van der Waals surface area contributed by atoms with Crippen molar-refractivity contribution in [1.82, 2.24) is 14.5 Å². The number of rotatable bonds is 15. The average molecular weight is 750 g/mol. The van der Waals surface area contributed by atoms with E-state index in [0.717, 1.165) is 69.5 Å². The van der Waals surface area contributed by atoms with Gasteiger partial charge in [-0.15, -0.1) is 0 Å². The summed E-state index contributed by atoms with van der Waals surface area (Å²) in [6, 6.07) is 35.7. The third kappa shape index (κ3) is 10.8. The molecule has 3 heterocycles. The van der Waals surface area contributed by atoms with Crippen LogP contribution in [0.5, 0.6) is 11.5 Å². The molecule has 4 aromatic carbocycles. The van der Waals surface area contributed by atoms with Gasteiger partial charge in [-0.1, -0.05) is 72.8 Å². The lowest BCUT2D eigenvalue weighted by Gasteiger charge is -2.08. The lowest BCUT2D eigenvalue weighted by Crippen LogP contribution is -2.03. The van der Waals surface area contributed by atoms with E-state index < -0.39 is 5.97 Å². The normalized spacial score (nSPS) is 11.0. The number of carboxylic acid groups (broad SMARTS) is 1. The highest BCUT2D eigenvalue weighted by Crippen LogP contribution is 2.24. The topological polar surface area (TPSA) is 113 Å². The molecule has 0 bridgehead atoms. The Labute approximate surface area is 327 Å². The van der Waals surface area contributed by atoms with Crippen molar-refractivity contribution in [3.8, 4) is 34.4 Å². The third-order valence-electron chi connectivity index (χ3n) is 9.09. The minimum atomic E-state index is -0.916. The predicted octanol–water partition coefficient (Wildman–Crippen LogP) is 10.3. The number of ether oxygens (including phenoxy) is 2. The predicted molar refractivity (Wildman–Crippen MR) is 218 cm³/mol. The van der Waals surface area contributed by atoms with Gasteiger partial charge >= 0.3 is 5.97 Å². The molecule has 0 unspecified atom stereocenters. The van der Waals surface area contributed by atoms with Gasteiger partial charge in [0.25, 0.3) is 0 Å². The molecule has 9 nitrogen and oxygen atoms in total. The molecule has 7 rings (SSSR count). The summed E-state index contributed by atoms with van der Waals surface area (Å²) < 4.78 is 25.2. The maximum atomic E-state index is 11.4. The van der Waals surface area contributed by atoms with Gasteiger partial charge in [-0.05, 0) is 98.8 Å². The molecule has 3 aromatic heterocycles. The van der Waals surface area contributed by atoms with E-state index in [0.29, 0.717) is 43.4 Å². The molecule has 56 heavy (non-hydrogen) atoms. The quantitative estimate of drug-likeness (QED) is 0.103. The van der Waals surface area contributed by atoms with Gasteiger partial charge in [-0.25, -0.2) is 14.8 Å². The number of hydrogen-bond acceptors (Lipinski definition) is 7. The molecular formula is C47H47N3O6. The second-order valence-corrected chi connectivity index (χ2v) is 13.4. The van der Waals surface area contributed by atoms with Crippen LogP contribution in [0.15, 0.2) is 143 Å². The van der Waals surface area contributed by atoms with Crippen LogP contribution in [0.2, 0.25) is 0 Å². The van der Waals surface area contributed by atoms with Crippen LogP contribution in [-0.2, 0) is 32.7 Å². The number of carboxylic acids is 1. The summed E-state index contributed by atoms with van der Waals surface area (Å²) in [5.41, 5.74) is 7.12. The highest BCUT2D eigenvalue weighted by atomic mass is 16.5. The third-order valence-corrected chi connectivity index (χ3v) is 9.09. The molecule has 286 valence electrons.